The monoisotopic (exact) mass is 441 g/mol. The molecular formula is C21H29F2N3O3S. The molecule has 4 rings (SSSR count). The SMILES string of the molecule is O=C(C1CCN(S(=O)(=O)c2cc(F)ccc2F)CC1)N1CCN(C2CCCC2)CC1. The van der Waals surface area contributed by atoms with Crippen molar-refractivity contribution in [2.24, 2.45) is 5.92 Å². The number of hydrogen-bond donors (Lipinski definition) is 0. The number of amides is 1. The van der Waals surface area contributed by atoms with Crippen LogP contribution >= 0.6 is 0 Å². The number of halogens is 2. The van der Waals surface area contributed by atoms with Crippen molar-refractivity contribution in [2.75, 3.05) is 39.3 Å². The number of piperidine rings is 1. The minimum Gasteiger partial charge on any atom is -0.340 e. The molecule has 1 aromatic carbocycles. The number of rotatable bonds is 4. The van der Waals surface area contributed by atoms with Crippen LogP contribution in [0.15, 0.2) is 23.1 Å². The third-order valence-corrected chi connectivity index (χ3v) is 8.69. The van der Waals surface area contributed by atoms with Crippen LogP contribution < -0.4 is 0 Å². The molecule has 3 fully saturated rings. The van der Waals surface area contributed by atoms with Gasteiger partial charge in [-0.1, -0.05) is 12.8 Å². The van der Waals surface area contributed by atoms with Crippen LogP contribution in [0.4, 0.5) is 8.78 Å². The first-order chi connectivity index (χ1) is 14.4. The fourth-order valence-electron chi connectivity index (χ4n) is 4.99. The van der Waals surface area contributed by atoms with Crippen molar-refractivity contribution in [3.05, 3.63) is 29.8 Å². The average Bonchev–Trinajstić information content (AvgIpc) is 3.30. The molecule has 9 heteroatoms. The zero-order chi connectivity index (χ0) is 21.3. The van der Waals surface area contributed by atoms with E-state index in [1.165, 1.54) is 25.7 Å². The molecule has 0 spiro atoms. The van der Waals surface area contributed by atoms with Gasteiger partial charge in [-0.3, -0.25) is 9.69 Å². The van der Waals surface area contributed by atoms with Crippen molar-refractivity contribution in [3.8, 4) is 0 Å². The van der Waals surface area contributed by atoms with Crippen molar-refractivity contribution in [3.63, 3.8) is 0 Å². The summed E-state index contributed by atoms with van der Waals surface area (Å²) in [5.74, 6) is -1.88. The topological polar surface area (TPSA) is 60.9 Å². The molecule has 0 radical (unpaired) electrons. The number of piperazine rings is 1. The molecule has 0 aromatic heterocycles. The highest BCUT2D eigenvalue weighted by atomic mass is 32.2. The van der Waals surface area contributed by atoms with Crippen molar-refractivity contribution in [1.82, 2.24) is 14.1 Å². The van der Waals surface area contributed by atoms with Crippen LogP contribution in [0.1, 0.15) is 38.5 Å². The summed E-state index contributed by atoms with van der Waals surface area (Å²) in [4.78, 5) is 16.7. The van der Waals surface area contributed by atoms with E-state index in [-0.39, 0.29) is 24.9 Å². The summed E-state index contributed by atoms with van der Waals surface area (Å²) in [5, 5.41) is 0. The number of carbonyl (C=O) groups excluding carboxylic acids is 1. The third-order valence-electron chi connectivity index (χ3n) is 6.78. The highest BCUT2D eigenvalue weighted by molar-refractivity contribution is 7.89. The first-order valence-corrected chi connectivity index (χ1v) is 12.3. The minimum absolute atomic E-state index is 0.0926. The Morgan fingerprint density at radius 3 is 2.17 bits per heavy atom. The molecule has 6 nitrogen and oxygen atoms in total. The normalized spacial score (nSPS) is 23.2. The standard InChI is InChI=1S/C21H29F2N3O3S/c22-17-5-6-19(23)20(15-17)30(28,29)26-9-7-16(8-10-26)21(27)25-13-11-24(12-14-25)18-3-1-2-4-18/h5-6,15-16,18H,1-4,7-14H2. The third kappa shape index (κ3) is 4.38. The van der Waals surface area contributed by atoms with E-state index in [4.69, 9.17) is 0 Å². The van der Waals surface area contributed by atoms with Gasteiger partial charge in [0.25, 0.3) is 0 Å². The Morgan fingerprint density at radius 1 is 0.900 bits per heavy atom. The molecular weight excluding hydrogens is 412 g/mol. The molecule has 2 aliphatic heterocycles. The highest BCUT2D eigenvalue weighted by Crippen LogP contribution is 2.28. The number of carbonyl (C=O) groups is 1. The van der Waals surface area contributed by atoms with Gasteiger partial charge in [-0.2, -0.15) is 4.31 Å². The van der Waals surface area contributed by atoms with E-state index in [2.05, 4.69) is 4.90 Å². The molecule has 0 bridgehead atoms. The molecule has 3 aliphatic rings. The van der Waals surface area contributed by atoms with Gasteiger partial charge in [0, 0.05) is 51.2 Å². The van der Waals surface area contributed by atoms with Crippen LogP contribution in [0.25, 0.3) is 0 Å². The smallest absolute Gasteiger partial charge is 0.246 e. The summed E-state index contributed by atoms with van der Waals surface area (Å²) in [6.07, 6.45) is 5.91. The Labute approximate surface area is 176 Å². The van der Waals surface area contributed by atoms with Gasteiger partial charge in [-0.15, -0.1) is 0 Å². The lowest BCUT2D eigenvalue weighted by Crippen LogP contribution is -2.53. The highest BCUT2D eigenvalue weighted by Gasteiger charge is 2.36. The van der Waals surface area contributed by atoms with Crippen LogP contribution in [0.3, 0.4) is 0 Å². The van der Waals surface area contributed by atoms with E-state index < -0.39 is 26.6 Å². The van der Waals surface area contributed by atoms with Gasteiger partial charge in [-0.05, 0) is 43.9 Å². The fraction of sp³-hybridized carbons (Fsp3) is 0.667. The molecule has 0 atom stereocenters. The van der Waals surface area contributed by atoms with Crippen LogP contribution in [-0.2, 0) is 14.8 Å². The second kappa shape index (κ2) is 8.88. The van der Waals surface area contributed by atoms with Crippen LogP contribution in [-0.4, -0.2) is 73.7 Å². The fourth-order valence-corrected chi connectivity index (χ4v) is 6.54. The molecule has 1 aromatic rings. The molecule has 166 valence electrons. The summed E-state index contributed by atoms with van der Waals surface area (Å²) in [6.45, 7) is 3.53. The molecule has 30 heavy (non-hydrogen) atoms. The second-order valence-corrected chi connectivity index (χ2v) is 10.5. The van der Waals surface area contributed by atoms with Gasteiger partial charge in [-0.25, -0.2) is 17.2 Å². The first-order valence-electron chi connectivity index (χ1n) is 10.8. The van der Waals surface area contributed by atoms with Crippen LogP contribution in [0.5, 0.6) is 0 Å². The Morgan fingerprint density at radius 2 is 1.53 bits per heavy atom. The zero-order valence-electron chi connectivity index (χ0n) is 17.1. The molecule has 0 N–H and O–H groups in total. The summed E-state index contributed by atoms with van der Waals surface area (Å²) >= 11 is 0. The second-order valence-electron chi connectivity index (χ2n) is 8.55. The van der Waals surface area contributed by atoms with E-state index in [0.29, 0.717) is 24.9 Å². The van der Waals surface area contributed by atoms with Gasteiger partial charge in [0.15, 0.2) is 0 Å². The van der Waals surface area contributed by atoms with E-state index >= 15 is 0 Å². The molecule has 2 saturated heterocycles. The maximum atomic E-state index is 14.0. The molecule has 1 aliphatic carbocycles. The minimum atomic E-state index is -4.12. The summed E-state index contributed by atoms with van der Waals surface area (Å²) < 4.78 is 54.0. The molecule has 1 amide bonds. The van der Waals surface area contributed by atoms with Gasteiger partial charge >= 0.3 is 0 Å². The van der Waals surface area contributed by atoms with Gasteiger partial charge < -0.3 is 4.90 Å². The van der Waals surface area contributed by atoms with Crippen LogP contribution in [0, 0.1) is 17.6 Å². The summed E-state index contributed by atoms with van der Waals surface area (Å²) in [7, 11) is -4.12. The largest absolute Gasteiger partial charge is 0.340 e. The number of sulfonamides is 1. The van der Waals surface area contributed by atoms with E-state index in [1.807, 2.05) is 4.90 Å². The Kier molecular flexibility index (Phi) is 6.41. The predicted octanol–water partition coefficient (Wildman–Crippen LogP) is 2.45. The van der Waals surface area contributed by atoms with Crippen molar-refractivity contribution in [2.45, 2.75) is 49.5 Å². The van der Waals surface area contributed by atoms with Crippen molar-refractivity contribution in [1.29, 1.82) is 0 Å². The number of nitrogens with zero attached hydrogens (tertiary/aromatic N) is 3. The summed E-state index contributed by atoms with van der Waals surface area (Å²) in [5.41, 5.74) is 0. The van der Waals surface area contributed by atoms with Crippen molar-refractivity contribution < 1.29 is 22.0 Å². The maximum absolute atomic E-state index is 14.0. The summed E-state index contributed by atoms with van der Waals surface area (Å²) in [6, 6.07) is 3.10. The number of benzene rings is 1. The predicted molar refractivity (Wildman–Crippen MR) is 108 cm³/mol. The van der Waals surface area contributed by atoms with Crippen molar-refractivity contribution >= 4 is 15.9 Å². The van der Waals surface area contributed by atoms with Gasteiger partial charge in [0.1, 0.15) is 16.5 Å². The van der Waals surface area contributed by atoms with E-state index in [0.717, 1.165) is 42.6 Å². The van der Waals surface area contributed by atoms with Gasteiger partial charge in [0.2, 0.25) is 15.9 Å². The quantitative estimate of drug-likeness (QED) is 0.720. The molecule has 0 unspecified atom stereocenters. The van der Waals surface area contributed by atoms with Gasteiger partial charge in [0.05, 0.1) is 0 Å². The van der Waals surface area contributed by atoms with E-state index in [1.54, 1.807) is 0 Å². The Bertz CT molecular complexity index is 873. The Hall–Kier alpha value is -1.58. The first kappa shape index (κ1) is 21.6. The lowest BCUT2D eigenvalue weighted by molar-refractivity contribution is -0.138. The zero-order valence-corrected chi connectivity index (χ0v) is 17.9. The lowest BCUT2D eigenvalue weighted by atomic mass is 9.96. The molecule has 1 saturated carbocycles. The lowest BCUT2D eigenvalue weighted by Gasteiger charge is -2.40. The van der Waals surface area contributed by atoms with Crippen LogP contribution in [0.2, 0.25) is 0 Å². The average molecular weight is 442 g/mol. The molecule has 2 heterocycles. The maximum Gasteiger partial charge on any atom is 0.246 e. The van der Waals surface area contributed by atoms with E-state index in [9.17, 15) is 22.0 Å². The number of hydrogen-bond acceptors (Lipinski definition) is 4. The Balaban J connectivity index is 1.32.